The van der Waals surface area contributed by atoms with E-state index in [1.54, 1.807) is 0 Å². The quantitative estimate of drug-likeness (QED) is 0.555. The van der Waals surface area contributed by atoms with Crippen LogP contribution in [0.4, 0.5) is 30.4 Å². The van der Waals surface area contributed by atoms with E-state index in [2.05, 4.69) is 33.9 Å². The second-order valence-electron chi connectivity index (χ2n) is 6.46. The molecule has 0 aliphatic carbocycles. The van der Waals surface area contributed by atoms with Crippen molar-refractivity contribution in [1.82, 2.24) is 9.97 Å². The monoisotopic (exact) mass is 404 g/mol. The molecule has 3 N–H and O–H groups in total. The van der Waals surface area contributed by atoms with Crippen molar-refractivity contribution in [3.8, 4) is 17.4 Å². The van der Waals surface area contributed by atoms with Gasteiger partial charge in [0, 0.05) is 5.69 Å². The molecule has 3 rings (SSSR count). The Morgan fingerprint density at radius 1 is 0.931 bits per heavy atom. The third-order valence-electron chi connectivity index (χ3n) is 3.96. The van der Waals surface area contributed by atoms with Crippen LogP contribution in [-0.2, 0) is 0 Å². The van der Waals surface area contributed by atoms with Crippen LogP contribution in [-0.4, -0.2) is 16.3 Å². The van der Waals surface area contributed by atoms with Gasteiger partial charge in [-0.2, -0.15) is 4.98 Å². The molecule has 29 heavy (non-hydrogen) atoms. The molecule has 0 aliphatic heterocycles. The van der Waals surface area contributed by atoms with Crippen molar-refractivity contribution >= 4 is 17.2 Å². The van der Waals surface area contributed by atoms with Gasteiger partial charge >= 0.3 is 6.36 Å². The Balaban J connectivity index is 1.73. The number of hydrogen-bond donors (Lipinski definition) is 2. The van der Waals surface area contributed by atoms with E-state index in [4.69, 9.17) is 10.5 Å². The molecule has 0 aliphatic rings. The number of aromatic nitrogens is 2. The minimum atomic E-state index is -4.74. The summed E-state index contributed by atoms with van der Waals surface area (Å²) in [5.74, 6) is 1.07. The lowest BCUT2D eigenvalue weighted by atomic mass is 10.0. The number of nitrogen functional groups attached to an aromatic ring is 1. The molecule has 0 radical (unpaired) electrons. The van der Waals surface area contributed by atoms with Crippen molar-refractivity contribution in [1.29, 1.82) is 0 Å². The summed E-state index contributed by atoms with van der Waals surface area (Å²) in [4.78, 5) is 8.10. The molecular weight excluding hydrogens is 385 g/mol. The summed E-state index contributed by atoms with van der Waals surface area (Å²) in [7, 11) is 0. The lowest BCUT2D eigenvalue weighted by molar-refractivity contribution is -0.274. The topological polar surface area (TPSA) is 82.3 Å². The average Bonchev–Trinajstić information content (AvgIpc) is 2.66. The van der Waals surface area contributed by atoms with E-state index in [9.17, 15) is 13.2 Å². The fourth-order valence-corrected chi connectivity index (χ4v) is 2.47. The lowest BCUT2D eigenvalue weighted by Gasteiger charge is -2.13. The van der Waals surface area contributed by atoms with Crippen molar-refractivity contribution in [2.75, 3.05) is 11.1 Å². The molecule has 0 bridgehead atoms. The Labute approximate surface area is 165 Å². The molecule has 6 nitrogen and oxygen atoms in total. The number of nitrogens with two attached hydrogens (primary N) is 1. The number of halogens is 3. The number of hydrogen-bond acceptors (Lipinski definition) is 6. The van der Waals surface area contributed by atoms with E-state index in [0.717, 1.165) is 0 Å². The van der Waals surface area contributed by atoms with Crippen LogP contribution in [0.15, 0.2) is 54.9 Å². The van der Waals surface area contributed by atoms with E-state index in [1.165, 1.54) is 36.2 Å². The van der Waals surface area contributed by atoms with E-state index in [-0.39, 0.29) is 23.1 Å². The number of anilines is 3. The fraction of sp³-hybridized carbons (Fsp3) is 0.200. The van der Waals surface area contributed by atoms with Crippen LogP contribution in [0, 0.1) is 0 Å². The third-order valence-corrected chi connectivity index (χ3v) is 3.96. The van der Waals surface area contributed by atoms with Crippen LogP contribution in [0.5, 0.6) is 17.4 Å². The molecule has 0 spiro atoms. The Morgan fingerprint density at radius 2 is 1.55 bits per heavy atom. The van der Waals surface area contributed by atoms with Crippen molar-refractivity contribution in [3.63, 3.8) is 0 Å². The number of benzene rings is 2. The van der Waals surface area contributed by atoms with Gasteiger partial charge in [-0.25, -0.2) is 4.98 Å². The molecule has 2 aromatic carbocycles. The maximum Gasteiger partial charge on any atom is 0.573 e. The zero-order chi connectivity index (χ0) is 21.0. The molecular formula is C20H19F3N4O2. The molecule has 0 fully saturated rings. The summed E-state index contributed by atoms with van der Waals surface area (Å²) < 4.78 is 46.3. The minimum absolute atomic E-state index is 0.163. The minimum Gasteiger partial charge on any atom is -0.437 e. The first-order valence-electron chi connectivity index (χ1n) is 8.72. The van der Waals surface area contributed by atoms with Gasteiger partial charge in [-0.05, 0) is 47.9 Å². The first kappa shape index (κ1) is 20.2. The van der Waals surface area contributed by atoms with Gasteiger partial charge in [0.05, 0.1) is 0 Å². The molecule has 0 saturated heterocycles. The van der Waals surface area contributed by atoms with Crippen molar-refractivity contribution in [2.45, 2.75) is 26.1 Å². The van der Waals surface area contributed by atoms with Gasteiger partial charge in [-0.15, -0.1) is 13.2 Å². The average molecular weight is 404 g/mol. The zero-order valence-corrected chi connectivity index (χ0v) is 15.7. The lowest BCUT2D eigenvalue weighted by Crippen LogP contribution is -2.17. The maximum atomic E-state index is 12.2. The normalized spacial score (nSPS) is 11.4. The highest BCUT2D eigenvalue weighted by molar-refractivity contribution is 5.72. The third kappa shape index (κ3) is 5.50. The smallest absolute Gasteiger partial charge is 0.437 e. The Hall–Kier alpha value is -3.49. The summed E-state index contributed by atoms with van der Waals surface area (Å²) in [6.45, 7) is 4.19. The summed E-state index contributed by atoms with van der Waals surface area (Å²) in [5.41, 5.74) is 7.89. The van der Waals surface area contributed by atoms with Crippen LogP contribution in [0.2, 0.25) is 0 Å². The first-order chi connectivity index (χ1) is 13.7. The summed E-state index contributed by atoms with van der Waals surface area (Å²) >= 11 is 0. The highest BCUT2D eigenvalue weighted by Crippen LogP contribution is 2.32. The highest BCUT2D eigenvalue weighted by atomic mass is 19.4. The largest absolute Gasteiger partial charge is 0.573 e. The van der Waals surface area contributed by atoms with Gasteiger partial charge in [-0.3, -0.25) is 0 Å². The predicted molar refractivity (Wildman–Crippen MR) is 103 cm³/mol. The van der Waals surface area contributed by atoms with Crippen molar-refractivity contribution in [3.05, 3.63) is 60.4 Å². The van der Waals surface area contributed by atoms with Crippen LogP contribution in [0.25, 0.3) is 0 Å². The predicted octanol–water partition coefficient (Wildman–Crippen LogP) is 5.62. The van der Waals surface area contributed by atoms with Gasteiger partial charge in [-0.1, -0.05) is 26.0 Å². The van der Waals surface area contributed by atoms with Crippen LogP contribution >= 0.6 is 0 Å². The number of alkyl halides is 3. The molecule has 0 unspecified atom stereocenters. The SMILES string of the molecule is CC(C)c1ccc(Oc2ncnc(Nc3ccc(OC(F)(F)F)cc3)c2N)cc1. The molecule has 1 heterocycles. The fourth-order valence-electron chi connectivity index (χ4n) is 2.47. The van der Waals surface area contributed by atoms with Gasteiger partial charge in [0.1, 0.15) is 23.5 Å². The van der Waals surface area contributed by atoms with Crippen molar-refractivity contribution < 1.29 is 22.6 Å². The number of nitrogens with one attached hydrogen (secondary N) is 1. The van der Waals surface area contributed by atoms with Crippen molar-refractivity contribution in [2.24, 2.45) is 0 Å². The van der Waals surface area contributed by atoms with Gasteiger partial charge in [0.2, 0.25) is 5.88 Å². The number of ether oxygens (including phenoxy) is 2. The van der Waals surface area contributed by atoms with Crippen LogP contribution in [0.1, 0.15) is 25.3 Å². The molecule has 1 aromatic heterocycles. The number of nitrogens with zero attached hydrogens (tertiary/aromatic N) is 2. The summed E-state index contributed by atoms with van der Waals surface area (Å²) in [6, 6.07) is 12.7. The summed E-state index contributed by atoms with van der Waals surface area (Å²) in [5, 5.41) is 2.92. The first-order valence-corrected chi connectivity index (χ1v) is 8.72. The number of rotatable bonds is 6. The summed E-state index contributed by atoms with van der Waals surface area (Å²) in [6.07, 6.45) is -3.47. The van der Waals surface area contributed by atoms with Crippen LogP contribution < -0.4 is 20.5 Å². The van der Waals surface area contributed by atoms with E-state index >= 15 is 0 Å². The molecule has 9 heteroatoms. The molecule has 152 valence electrons. The van der Waals surface area contributed by atoms with Gasteiger partial charge < -0.3 is 20.5 Å². The Bertz CT molecular complexity index is 959. The second kappa shape index (κ2) is 8.26. The van der Waals surface area contributed by atoms with E-state index < -0.39 is 6.36 Å². The standard InChI is InChI=1S/C20H19F3N4O2/c1-12(2)13-3-7-15(8-4-13)28-19-17(24)18(25-11-26-19)27-14-5-9-16(10-6-14)29-20(21,22)23/h3-12H,24H2,1-2H3,(H,25,26,27). The maximum absolute atomic E-state index is 12.2. The molecule has 0 atom stereocenters. The van der Waals surface area contributed by atoms with Crippen LogP contribution in [0.3, 0.4) is 0 Å². The van der Waals surface area contributed by atoms with E-state index in [0.29, 0.717) is 17.4 Å². The Kier molecular flexibility index (Phi) is 5.76. The van der Waals surface area contributed by atoms with E-state index in [1.807, 2.05) is 24.3 Å². The zero-order valence-electron chi connectivity index (χ0n) is 15.7. The highest BCUT2D eigenvalue weighted by Gasteiger charge is 2.30. The molecule has 3 aromatic rings. The molecule has 0 amide bonds. The second-order valence-corrected chi connectivity index (χ2v) is 6.46. The Morgan fingerprint density at radius 3 is 2.14 bits per heavy atom. The van der Waals surface area contributed by atoms with Gasteiger partial charge in [0.25, 0.3) is 0 Å². The molecule has 0 saturated carbocycles. The van der Waals surface area contributed by atoms with Gasteiger partial charge in [0.15, 0.2) is 5.82 Å².